The highest BCUT2D eigenvalue weighted by Gasteiger charge is 2.36. The van der Waals surface area contributed by atoms with Gasteiger partial charge in [-0.2, -0.15) is 0 Å². The van der Waals surface area contributed by atoms with Crippen LogP contribution in [-0.2, 0) is 19.1 Å². The van der Waals surface area contributed by atoms with E-state index >= 15 is 0 Å². The number of aryl methyl sites for hydroxylation is 1. The first kappa shape index (κ1) is 23.4. The predicted molar refractivity (Wildman–Crippen MR) is 121 cm³/mol. The van der Waals surface area contributed by atoms with Crippen LogP contribution >= 0.6 is 23.4 Å². The minimum atomic E-state index is -0.708. The van der Waals surface area contributed by atoms with Gasteiger partial charge in [0.05, 0.1) is 12.0 Å². The highest BCUT2D eigenvalue weighted by atomic mass is 35.5. The van der Waals surface area contributed by atoms with Gasteiger partial charge in [-0.15, -0.1) is 0 Å². The molecule has 1 heterocycles. The van der Waals surface area contributed by atoms with Crippen LogP contribution in [0.3, 0.4) is 0 Å². The van der Waals surface area contributed by atoms with Crippen LogP contribution in [-0.4, -0.2) is 48.2 Å². The summed E-state index contributed by atoms with van der Waals surface area (Å²) in [4.78, 5) is 49.2. The van der Waals surface area contributed by atoms with Gasteiger partial charge >= 0.3 is 5.97 Å². The van der Waals surface area contributed by atoms with Gasteiger partial charge in [0, 0.05) is 16.3 Å². The molecule has 1 N–H and O–H groups in total. The zero-order valence-corrected chi connectivity index (χ0v) is 18.8. The van der Waals surface area contributed by atoms with E-state index in [-0.39, 0.29) is 17.4 Å². The molecule has 1 saturated heterocycles. The summed E-state index contributed by atoms with van der Waals surface area (Å²) in [5.74, 6) is -1.41. The molecular formula is C22H19ClN2O6S. The van der Waals surface area contributed by atoms with Crippen molar-refractivity contribution < 1.29 is 28.7 Å². The van der Waals surface area contributed by atoms with E-state index in [0.29, 0.717) is 33.8 Å². The lowest BCUT2D eigenvalue weighted by Crippen LogP contribution is -2.34. The summed E-state index contributed by atoms with van der Waals surface area (Å²) < 4.78 is 10.1. The topological polar surface area (TPSA) is 102 Å². The number of esters is 1. The summed E-state index contributed by atoms with van der Waals surface area (Å²) in [6.45, 7) is 1.16. The summed E-state index contributed by atoms with van der Waals surface area (Å²) in [5, 5.41) is 2.53. The molecule has 0 aliphatic carbocycles. The van der Waals surface area contributed by atoms with Gasteiger partial charge in [0.1, 0.15) is 12.3 Å². The number of rotatable bonds is 7. The molecule has 1 fully saturated rings. The molecule has 0 spiro atoms. The maximum absolute atomic E-state index is 12.5. The number of amides is 3. The molecule has 0 radical (unpaired) electrons. The van der Waals surface area contributed by atoms with Crippen molar-refractivity contribution >= 4 is 58.1 Å². The van der Waals surface area contributed by atoms with Gasteiger partial charge in [0.25, 0.3) is 17.1 Å². The summed E-state index contributed by atoms with van der Waals surface area (Å²) >= 11 is 6.76. The fourth-order valence-corrected chi connectivity index (χ4v) is 3.81. The predicted octanol–water partition coefficient (Wildman–Crippen LogP) is 3.88. The second-order valence-electron chi connectivity index (χ2n) is 6.73. The molecule has 0 bridgehead atoms. The average Bonchev–Trinajstić information content (AvgIpc) is 3.00. The van der Waals surface area contributed by atoms with Gasteiger partial charge in [-0.25, -0.2) is 0 Å². The monoisotopic (exact) mass is 474 g/mol. The number of hydrogen-bond donors (Lipinski definition) is 1. The second-order valence-corrected chi connectivity index (χ2v) is 8.16. The lowest BCUT2D eigenvalue weighted by molar-refractivity contribution is -0.143. The van der Waals surface area contributed by atoms with Crippen LogP contribution in [0.1, 0.15) is 11.1 Å². The maximum atomic E-state index is 12.5. The zero-order valence-electron chi connectivity index (χ0n) is 17.2. The molecule has 32 heavy (non-hydrogen) atoms. The summed E-state index contributed by atoms with van der Waals surface area (Å²) in [7, 11) is 1.17. The number of anilines is 1. The molecule has 10 heteroatoms. The Balaban J connectivity index is 1.74. The van der Waals surface area contributed by atoms with Crippen molar-refractivity contribution in [2.45, 2.75) is 6.92 Å². The zero-order chi connectivity index (χ0) is 23.3. The maximum Gasteiger partial charge on any atom is 0.325 e. The standard InChI is InChI=1S/C22H19ClN2O6S/c1-13-4-3-5-16(8-13)24-19(26)12-31-17-7-6-15(23)9-14(17)10-18-21(28)25(22(29)32-18)11-20(27)30-2/h3-10H,11-12H2,1-2H3,(H,24,26)/b18-10-. The minimum absolute atomic E-state index is 0.0928. The van der Waals surface area contributed by atoms with E-state index in [1.807, 2.05) is 25.1 Å². The SMILES string of the molecule is COC(=O)CN1C(=O)S/C(=C\c2cc(Cl)ccc2OCC(=O)Nc2cccc(C)c2)C1=O. The summed E-state index contributed by atoms with van der Waals surface area (Å²) in [6, 6.07) is 12.0. The number of halogens is 1. The smallest absolute Gasteiger partial charge is 0.325 e. The van der Waals surface area contributed by atoms with E-state index in [1.54, 1.807) is 24.3 Å². The second kappa shape index (κ2) is 10.3. The van der Waals surface area contributed by atoms with Crippen molar-refractivity contribution in [3.63, 3.8) is 0 Å². The lowest BCUT2D eigenvalue weighted by atomic mass is 10.2. The minimum Gasteiger partial charge on any atom is -0.483 e. The molecule has 166 valence electrons. The number of methoxy groups -OCH3 is 1. The lowest BCUT2D eigenvalue weighted by Gasteiger charge is -2.11. The normalized spacial score (nSPS) is 14.6. The van der Waals surface area contributed by atoms with Crippen LogP contribution in [0, 0.1) is 6.92 Å². The van der Waals surface area contributed by atoms with Gasteiger partial charge in [-0.05, 0) is 60.7 Å². The highest BCUT2D eigenvalue weighted by Crippen LogP contribution is 2.34. The number of carbonyl (C=O) groups is 4. The van der Waals surface area contributed by atoms with Crippen molar-refractivity contribution in [2.24, 2.45) is 0 Å². The van der Waals surface area contributed by atoms with Gasteiger partial charge in [0.15, 0.2) is 6.61 Å². The van der Waals surface area contributed by atoms with Crippen LogP contribution in [0.25, 0.3) is 6.08 Å². The van der Waals surface area contributed by atoms with Crippen LogP contribution in [0.4, 0.5) is 10.5 Å². The van der Waals surface area contributed by atoms with E-state index in [4.69, 9.17) is 16.3 Å². The van der Waals surface area contributed by atoms with Crippen LogP contribution < -0.4 is 10.1 Å². The Morgan fingerprint density at radius 1 is 1.19 bits per heavy atom. The third-order valence-electron chi connectivity index (χ3n) is 4.31. The quantitative estimate of drug-likeness (QED) is 0.480. The number of thioether (sulfide) groups is 1. The van der Waals surface area contributed by atoms with Gasteiger partial charge in [0.2, 0.25) is 0 Å². The van der Waals surface area contributed by atoms with Crippen molar-refractivity contribution in [1.82, 2.24) is 4.90 Å². The number of carbonyl (C=O) groups excluding carboxylic acids is 4. The Kier molecular flexibility index (Phi) is 7.55. The Labute approximate surface area is 193 Å². The Morgan fingerprint density at radius 2 is 1.97 bits per heavy atom. The summed E-state index contributed by atoms with van der Waals surface area (Å²) in [5.41, 5.74) is 2.06. The first-order valence-corrected chi connectivity index (χ1v) is 10.6. The molecule has 2 aromatic carbocycles. The van der Waals surface area contributed by atoms with E-state index < -0.39 is 23.7 Å². The third kappa shape index (κ3) is 5.89. The number of benzene rings is 2. The van der Waals surface area contributed by atoms with E-state index in [9.17, 15) is 19.2 Å². The fraction of sp³-hybridized carbons (Fsp3) is 0.182. The largest absolute Gasteiger partial charge is 0.483 e. The molecule has 2 aromatic rings. The van der Waals surface area contributed by atoms with Crippen molar-refractivity contribution in [3.05, 3.63) is 63.5 Å². The Bertz CT molecular complexity index is 1120. The molecule has 3 rings (SSSR count). The van der Waals surface area contributed by atoms with Crippen LogP contribution in [0.2, 0.25) is 5.02 Å². The molecule has 8 nitrogen and oxygen atoms in total. The van der Waals surface area contributed by atoms with Crippen LogP contribution in [0.15, 0.2) is 47.4 Å². The van der Waals surface area contributed by atoms with Crippen molar-refractivity contribution in [2.75, 3.05) is 25.6 Å². The van der Waals surface area contributed by atoms with Gasteiger partial charge in [-0.3, -0.25) is 24.1 Å². The Hall–Kier alpha value is -3.30. The Morgan fingerprint density at radius 3 is 2.69 bits per heavy atom. The van der Waals surface area contributed by atoms with Crippen molar-refractivity contribution in [1.29, 1.82) is 0 Å². The number of imide groups is 1. The average molecular weight is 475 g/mol. The van der Waals surface area contributed by atoms with Crippen molar-refractivity contribution in [3.8, 4) is 5.75 Å². The summed E-state index contributed by atoms with van der Waals surface area (Å²) in [6.07, 6.45) is 1.43. The number of ether oxygens (including phenoxy) is 2. The first-order valence-electron chi connectivity index (χ1n) is 9.38. The van der Waals surface area contributed by atoms with E-state index in [2.05, 4.69) is 10.1 Å². The number of hydrogen-bond acceptors (Lipinski definition) is 7. The van der Waals surface area contributed by atoms with Crippen LogP contribution in [0.5, 0.6) is 5.75 Å². The fourth-order valence-electron chi connectivity index (χ4n) is 2.80. The highest BCUT2D eigenvalue weighted by molar-refractivity contribution is 8.18. The molecule has 1 aliphatic heterocycles. The third-order valence-corrected chi connectivity index (χ3v) is 5.45. The molecule has 0 aromatic heterocycles. The molecule has 0 unspecified atom stereocenters. The van der Waals surface area contributed by atoms with E-state index in [0.717, 1.165) is 10.5 Å². The van der Waals surface area contributed by atoms with Gasteiger partial charge < -0.3 is 14.8 Å². The molecule has 0 atom stereocenters. The molecule has 1 aliphatic rings. The van der Waals surface area contributed by atoms with Gasteiger partial charge in [-0.1, -0.05) is 23.7 Å². The van der Waals surface area contributed by atoms with E-state index in [1.165, 1.54) is 13.2 Å². The number of nitrogens with zero attached hydrogens (tertiary/aromatic N) is 1. The first-order chi connectivity index (χ1) is 15.3. The number of nitrogens with one attached hydrogen (secondary N) is 1. The molecule has 0 saturated carbocycles. The molecule has 3 amide bonds. The molecular weight excluding hydrogens is 456 g/mol.